The highest BCUT2D eigenvalue weighted by Gasteiger charge is 2.20. The number of aromatic nitrogens is 6. The molecule has 8 heteroatoms. The third-order valence-electron chi connectivity index (χ3n) is 4.03. The molecule has 0 fully saturated rings. The van der Waals surface area contributed by atoms with Gasteiger partial charge in [-0.05, 0) is 18.6 Å². The van der Waals surface area contributed by atoms with Crippen molar-refractivity contribution in [1.29, 1.82) is 0 Å². The van der Waals surface area contributed by atoms with Crippen LogP contribution in [-0.4, -0.2) is 28.7 Å². The maximum atomic E-state index is 13.1. The summed E-state index contributed by atoms with van der Waals surface area (Å²) in [7, 11) is 1.87. The van der Waals surface area contributed by atoms with E-state index in [1.165, 1.54) is 4.40 Å². The minimum Gasteiger partial charge on any atom is -0.329 e. The van der Waals surface area contributed by atoms with Crippen molar-refractivity contribution in [3.8, 4) is 11.4 Å². The lowest BCUT2D eigenvalue weighted by atomic mass is 10.2. The van der Waals surface area contributed by atoms with Gasteiger partial charge in [-0.15, -0.1) is 10.2 Å². The highest BCUT2D eigenvalue weighted by molar-refractivity contribution is 6.33. The van der Waals surface area contributed by atoms with Gasteiger partial charge in [0, 0.05) is 19.2 Å². The zero-order chi connectivity index (χ0) is 16.8. The van der Waals surface area contributed by atoms with Crippen molar-refractivity contribution in [2.24, 2.45) is 7.05 Å². The lowest BCUT2D eigenvalue weighted by Crippen LogP contribution is -2.28. The van der Waals surface area contributed by atoms with Gasteiger partial charge in [0.05, 0.1) is 11.3 Å². The maximum Gasteiger partial charge on any atom is 0.337 e. The van der Waals surface area contributed by atoms with Crippen molar-refractivity contribution in [3.63, 3.8) is 0 Å². The van der Waals surface area contributed by atoms with Crippen molar-refractivity contribution in [2.75, 3.05) is 0 Å². The predicted molar refractivity (Wildman–Crippen MR) is 92.3 cm³/mol. The van der Waals surface area contributed by atoms with E-state index in [0.29, 0.717) is 34.2 Å². The largest absolute Gasteiger partial charge is 0.337 e. The molecule has 3 heterocycles. The number of rotatable bonds is 3. The number of halogens is 1. The third kappa shape index (κ3) is 1.98. The van der Waals surface area contributed by atoms with Crippen LogP contribution in [0.25, 0.3) is 28.2 Å². The van der Waals surface area contributed by atoms with Gasteiger partial charge in [0.1, 0.15) is 5.52 Å². The molecule has 7 nitrogen and oxygen atoms in total. The fourth-order valence-corrected chi connectivity index (χ4v) is 3.17. The summed E-state index contributed by atoms with van der Waals surface area (Å²) in [5.74, 6) is 0.438. The fraction of sp³-hybridized carbons (Fsp3) is 0.250. The van der Waals surface area contributed by atoms with Crippen molar-refractivity contribution in [3.05, 3.63) is 46.1 Å². The Hall–Kier alpha value is -2.67. The first-order valence-electron chi connectivity index (χ1n) is 7.67. The fourth-order valence-electron chi connectivity index (χ4n) is 2.95. The molecular formula is C16H15ClN6O. The zero-order valence-corrected chi connectivity index (χ0v) is 14.0. The van der Waals surface area contributed by atoms with Crippen LogP contribution in [-0.2, 0) is 13.6 Å². The average Bonchev–Trinajstić information content (AvgIpc) is 3.16. The van der Waals surface area contributed by atoms with Crippen molar-refractivity contribution < 1.29 is 0 Å². The first-order chi connectivity index (χ1) is 11.6. The Morgan fingerprint density at radius 3 is 2.71 bits per heavy atom. The summed E-state index contributed by atoms with van der Waals surface area (Å²) in [6.45, 7) is 2.59. The van der Waals surface area contributed by atoms with Crippen LogP contribution < -0.4 is 5.69 Å². The van der Waals surface area contributed by atoms with Crippen molar-refractivity contribution >= 4 is 28.4 Å². The molecule has 4 rings (SSSR count). The molecule has 122 valence electrons. The van der Waals surface area contributed by atoms with E-state index in [2.05, 4.69) is 15.2 Å². The summed E-state index contributed by atoms with van der Waals surface area (Å²) in [6.07, 6.45) is 2.50. The molecule has 0 saturated carbocycles. The number of aryl methyl sites for hydroxylation is 2. The number of hydrogen-bond acceptors (Lipinski definition) is 4. The standard InChI is InChI=1S/C16H15ClN6O/c1-3-8-22-14-12(21(2)9-18-14)15-20-19-13(23(15)16(22)24)10-6-4-5-7-11(10)17/h4-7,9H,3,8H2,1-2H3. The van der Waals surface area contributed by atoms with E-state index in [4.69, 9.17) is 11.6 Å². The monoisotopic (exact) mass is 342 g/mol. The van der Waals surface area contributed by atoms with Crippen LogP contribution >= 0.6 is 11.6 Å². The SMILES string of the molecule is CCCn1c(=O)n2c(-c3ccccc3Cl)nnc2c2c1ncn2C. The summed E-state index contributed by atoms with van der Waals surface area (Å²) in [4.78, 5) is 17.4. The molecule has 0 unspecified atom stereocenters. The molecule has 3 aromatic heterocycles. The van der Waals surface area contributed by atoms with Gasteiger partial charge in [-0.3, -0.25) is 4.57 Å². The predicted octanol–water partition coefficient (Wildman–Crippen LogP) is 2.51. The molecule has 0 radical (unpaired) electrons. The van der Waals surface area contributed by atoms with Crippen molar-refractivity contribution in [2.45, 2.75) is 19.9 Å². The van der Waals surface area contributed by atoms with Crippen LogP contribution in [0.15, 0.2) is 35.4 Å². The molecule has 4 aromatic rings. The summed E-state index contributed by atoms with van der Waals surface area (Å²) in [5, 5.41) is 9.00. The van der Waals surface area contributed by atoms with Crippen molar-refractivity contribution in [1.82, 2.24) is 28.7 Å². The summed E-state index contributed by atoms with van der Waals surface area (Å²) in [5.41, 5.74) is 2.34. The molecule has 0 bridgehead atoms. The Morgan fingerprint density at radius 1 is 1.17 bits per heavy atom. The van der Waals surface area contributed by atoms with Gasteiger partial charge in [0.2, 0.25) is 0 Å². The zero-order valence-electron chi connectivity index (χ0n) is 13.3. The second-order valence-corrected chi connectivity index (χ2v) is 6.03. The molecule has 0 N–H and O–H groups in total. The van der Waals surface area contributed by atoms with Gasteiger partial charge >= 0.3 is 5.69 Å². The van der Waals surface area contributed by atoms with Crippen LogP contribution in [0.3, 0.4) is 0 Å². The van der Waals surface area contributed by atoms with E-state index in [-0.39, 0.29) is 5.69 Å². The lowest BCUT2D eigenvalue weighted by Gasteiger charge is -2.08. The van der Waals surface area contributed by atoms with Crippen LogP contribution in [0.1, 0.15) is 13.3 Å². The smallest absolute Gasteiger partial charge is 0.329 e. The Bertz CT molecular complexity index is 1120. The van der Waals surface area contributed by atoms with Gasteiger partial charge < -0.3 is 4.57 Å². The summed E-state index contributed by atoms with van der Waals surface area (Å²) >= 11 is 6.29. The van der Waals surface area contributed by atoms with E-state index < -0.39 is 0 Å². The normalized spacial score (nSPS) is 11.6. The highest BCUT2D eigenvalue weighted by Crippen LogP contribution is 2.27. The second kappa shape index (κ2) is 5.45. The number of nitrogens with zero attached hydrogens (tertiary/aromatic N) is 6. The molecule has 0 aliphatic rings. The van der Waals surface area contributed by atoms with Crippen LogP contribution in [0.5, 0.6) is 0 Å². The average molecular weight is 343 g/mol. The molecule has 0 saturated heterocycles. The Labute approximate surface area is 142 Å². The maximum absolute atomic E-state index is 13.1. The molecule has 0 atom stereocenters. The minimum absolute atomic E-state index is 0.210. The summed E-state index contributed by atoms with van der Waals surface area (Å²) < 4.78 is 5.02. The minimum atomic E-state index is -0.210. The summed E-state index contributed by atoms with van der Waals surface area (Å²) in [6, 6.07) is 7.29. The Balaban J connectivity index is 2.18. The number of benzene rings is 1. The van der Waals surface area contributed by atoms with Gasteiger partial charge in [-0.1, -0.05) is 30.7 Å². The highest BCUT2D eigenvalue weighted by atomic mass is 35.5. The van der Waals surface area contributed by atoms with E-state index >= 15 is 0 Å². The van der Waals surface area contributed by atoms with Gasteiger partial charge in [-0.25, -0.2) is 14.2 Å². The van der Waals surface area contributed by atoms with E-state index in [1.807, 2.05) is 36.7 Å². The Morgan fingerprint density at radius 2 is 1.96 bits per heavy atom. The molecular weight excluding hydrogens is 328 g/mol. The topological polar surface area (TPSA) is 70.0 Å². The lowest BCUT2D eigenvalue weighted by molar-refractivity contribution is 0.648. The quantitative estimate of drug-likeness (QED) is 0.573. The van der Waals surface area contributed by atoms with Crippen LogP contribution in [0.4, 0.5) is 0 Å². The first-order valence-corrected chi connectivity index (χ1v) is 8.05. The molecule has 0 aliphatic heterocycles. The molecule has 0 aliphatic carbocycles. The molecule has 24 heavy (non-hydrogen) atoms. The van der Waals surface area contributed by atoms with Gasteiger partial charge in [0.25, 0.3) is 0 Å². The second-order valence-electron chi connectivity index (χ2n) is 5.62. The number of fused-ring (bicyclic) bond motifs is 3. The van der Waals surface area contributed by atoms with E-state index in [1.54, 1.807) is 17.0 Å². The third-order valence-corrected chi connectivity index (χ3v) is 4.36. The molecule has 0 spiro atoms. The van der Waals surface area contributed by atoms with E-state index in [9.17, 15) is 4.79 Å². The van der Waals surface area contributed by atoms with Gasteiger partial charge in [0.15, 0.2) is 17.1 Å². The van der Waals surface area contributed by atoms with E-state index in [0.717, 1.165) is 11.9 Å². The number of hydrogen-bond donors (Lipinski definition) is 0. The van der Waals surface area contributed by atoms with Crippen LogP contribution in [0, 0.1) is 0 Å². The van der Waals surface area contributed by atoms with Crippen LogP contribution in [0.2, 0.25) is 5.02 Å². The number of imidazole rings is 1. The van der Waals surface area contributed by atoms with Gasteiger partial charge in [-0.2, -0.15) is 0 Å². The Kier molecular flexibility index (Phi) is 3.38. The molecule has 0 amide bonds. The first kappa shape index (κ1) is 14.9. The molecule has 1 aromatic carbocycles.